The molecule has 0 fully saturated rings. The van der Waals surface area contributed by atoms with Gasteiger partial charge in [-0.2, -0.15) is 0 Å². The highest BCUT2D eigenvalue weighted by Crippen LogP contribution is 2.21. The minimum Gasteiger partial charge on any atom is -0.380 e. The Balaban J connectivity index is 2.77. The Hall–Kier alpha value is -1.70. The Kier molecular flexibility index (Phi) is 5.04. The molecule has 0 bridgehead atoms. The standard InChI is InChI=1S/C19H24O/c1-18(2,3)16-13-11-15(12-14-16)9-7-8-10-17(20)19(4,5)6/h11-14,17,20H,1-6H3/t17-/m1/s1. The van der Waals surface area contributed by atoms with Crippen molar-refractivity contribution in [3.8, 4) is 23.7 Å². The molecule has 1 rings (SSSR count). The van der Waals surface area contributed by atoms with Crippen LogP contribution in [0.2, 0.25) is 0 Å². The van der Waals surface area contributed by atoms with Gasteiger partial charge in [0, 0.05) is 5.56 Å². The molecule has 106 valence electrons. The lowest BCUT2D eigenvalue weighted by atomic mass is 9.87. The second kappa shape index (κ2) is 6.17. The van der Waals surface area contributed by atoms with Crippen LogP contribution in [0.1, 0.15) is 52.7 Å². The molecule has 0 aliphatic rings. The van der Waals surface area contributed by atoms with Gasteiger partial charge in [0.2, 0.25) is 0 Å². The highest BCUT2D eigenvalue weighted by atomic mass is 16.3. The molecule has 1 nitrogen and oxygen atoms in total. The van der Waals surface area contributed by atoms with Crippen molar-refractivity contribution in [3.63, 3.8) is 0 Å². The van der Waals surface area contributed by atoms with Gasteiger partial charge < -0.3 is 5.11 Å². The van der Waals surface area contributed by atoms with E-state index in [0.29, 0.717) is 0 Å². The number of rotatable bonds is 0. The second-order valence-corrected chi connectivity index (χ2v) is 7.12. The molecule has 1 heteroatoms. The summed E-state index contributed by atoms with van der Waals surface area (Å²) < 4.78 is 0. The molecule has 0 saturated heterocycles. The molecule has 0 saturated carbocycles. The van der Waals surface area contributed by atoms with Crippen LogP contribution in [-0.2, 0) is 5.41 Å². The van der Waals surface area contributed by atoms with Gasteiger partial charge in [0.25, 0.3) is 0 Å². The van der Waals surface area contributed by atoms with Crippen LogP contribution in [0.4, 0.5) is 0 Å². The van der Waals surface area contributed by atoms with Crippen LogP contribution in [0, 0.1) is 29.1 Å². The number of aliphatic hydroxyl groups excluding tert-OH is 1. The first-order valence-electron chi connectivity index (χ1n) is 6.91. The van der Waals surface area contributed by atoms with Gasteiger partial charge in [-0.1, -0.05) is 65.5 Å². The summed E-state index contributed by atoms with van der Waals surface area (Å²) >= 11 is 0. The number of hydrogen-bond acceptors (Lipinski definition) is 1. The highest BCUT2D eigenvalue weighted by molar-refractivity contribution is 5.42. The van der Waals surface area contributed by atoms with Crippen molar-refractivity contribution in [2.75, 3.05) is 0 Å². The lowest BCUT2D eigenvalue weighted by Gasteiger charge is -2.20. The van der Waals surface area contributed by atoms with Crippen molar-refractivity contribution in [1.82, 2.24) is 0 Å². The molecule has 20 heavy (non-hydrogen) atoms. The van der Waals surface area contributed by atoms with Crippen LogP contribution in [0.3, 0.4) is 0 Å². The summed E-state index contributed by atoms with van der Waals surface area (Å²) in [5.74, 6) is 11.3. The molecule has 0 aromatic heterocycles. The van der Waals surface area contributed by atoms with E-state index in [9.17, 15) is 5.11 Å². The molecule has 1 aromatic rings. The molecule has 0 aliphatic heterocycles. The Morgan fingerprint density at radius 1 is 0.900 bits per heavy atom. The van der Waals surface area contributed by atoms with E-state index in [1.54, 1.807) is 0 Å². The molecule has 1 N–H and O–H groups in total. The zero-order valence-corrected chi connectivity index (χ0v) is 13.3. The first-order valence-corrected chi connectivity index (χ1v) is 6.91. The fraction of sp³-hybridized carbons (Fsp3) is 0.474. The summed E-state index contributed by atoms with van der Waals surface area (Å²) in [6.45, 7) is 12.4. The Bertz CT molecular complexity index is 557. The Labute approximate surface area is 123 Å². The zero-order valence-electron chi connectivity index (χ0n) is 13.3. The molecule has 0 heterocycles. The highest BCUT2D eigenvalue weighted by Gasteiger charge is 2.19. The minimum atomic E-state index is -0.653. The molecule has 0 spiro atoms. The molecule has 0 aliphatic carbocycles. The topological polar surface area (TPSA) is 20.2 Å². The SMILES string of the molecule is CC(C)(C)c1ccc(C#CC#C[C@@H](O)C(C)(C)C)cc1. The first-order chi connectivity index (χ1) is 9.10. The zero-order chi connectivity index (χ0) is 15.4. The van der Waals surface area contributed by atoms with E-state index >= 15 is 0 Å². The van der Waals surface area contributed by atoms with Gasteiger partial charge in [-0.05, 0) is 40.4 Å². The monoisotopic (exact) mass is 268 g/mol. The summed E-state index contributed by atoms with van der Waals surface area (Å²) in [5, 5.41) is 9.77. The van der Waals surface area contributed by atoms with Gasteiger partial charge in [0.15, 0.2) is 0 Å². The number of aliphatic hydroxyl groups is 1. The van der Waals surface area contributed by atoms with Crippen molar-refractivity contribution in [3.05, 3.63) is 35.4 Å². The van der Waals surface area contributed by atoms with Gasteiger partial charge in [0.1, 0.15) is 6.10 Å². The van der Waals surface area contributed by atoms with Gasteiger partial charge in [-0.15, -0.1) is 0 Å². The minimum absolute atomic E-state index is 0.155. The van der Waals surface area contributed by atoms with Crippen LogP contribution >= 0.6 is 0 Å². The van der Waals surface area contributed by atoms with E-state index in [2.05, 4.69) is 56.6 Å². The Morgan fingerprint density at radius 2 is 1.45 bits per heavy atom. The van der Waals surface area contributed by atoms with E-state index in [-0.39, 0.29) is 10.8 Å². The summed E-state index contributed by atoms with van der Waals surface area (Å²) in [6.07, 6.45) is -0.653. The average Bonchev–Trinajstić information content (AvgIpc) is 2.32. The van der Waals surface area contributed by atoms with Gasteiger partial charge in [-0.25, -0.2) is 0 Å². The third kappa shape index (κ3) is 5.12. The van der Waals surface area contributed by atoms with Crippen molar-refractivity contribution in [2.24, 2.45) is 5.41 Å². The average molecular weight is 268 g/mol. The second-order valence-electron chi connectivity index (χ2n) is 7.12. The maximum Gasteiger partial charge on any atom is 0.120 e. The van der Waals surface area contributed by atoms with Crippen LogP contribution in [0.25, 0.3) is 0 Å². The van der Waals surface area contributed by atoms with Gasteiger partial charge >= 0.3 is 0 Å². The van der Waals surface area contributed by atoms with Crippen LogP contribution in [0.15, 0.2) is 24.3 Å². The summed E-state index contributed by atoms with van der Waals surface area (Å²) in [7, 11) is 0. The third-order valence-electron chi connectivity index (χ3n) is 3.05. The molecular formula is C19H24O. The van der Waals surface area contributed by atoms with Crippen molar-refractivity contribution < 1.29 is 5.11 Å². The molecule has 0 amide bonds. The Morgan fingerprint density at radius 3 is 1.90 bits per heavy atom. The molecule has 1 aromatic carbocycles. The smallest absolute Gasteiger partial charge is 0.120 e. The van der Waals surface area contributed by atoms with Crippen LogP contribution in [-0.4, -0.2) is 11.2 Å². The number of hydrogen-bond donors (Lipinski definition) is 1. The van der Waals surface area contributed by atoms with E-state index in [1.807, 2.05) is 32.9 Å². The van der Waals surface area contributed by atoms with Crippen molar-refractivity contribution in [1.29, 1.82) is 0 Å². The van der Waals surface area contributed by atoms with Gasteiger partial charge in [0.05, 0.1) is 0 Å². The lowest BCUT2D eigenvalue weighted by Crippen LogP contribution is -2.23. The normalized spacial score (nSPS) is 12.8. The molecule has 0 radical (unpaired) electrons. The number of benzene rings is 1. The van der Waals surface area contributed by atoms with E-state index in [0.717, 1.165) is 5.56 Å². The predicted octanol–water partition coefficient (Wildman–Crippen LogP) is 3.75. The quantitative estimate of drug-likeness (QED) is 0.711. The maximum absolute atomic E-state index is 9.77. The summed E-state index contributed by atoms with van der Waals surface area (Å²) in [6, 6.07) is 8.22. The van der Waals surface area contributed by atoms with Crippen molar-refractivity contribution >= 4 is 0 Å². The van der Waals surface area contributed by atoms with Crippen molar-refractivity contribution in [2.45, 2.75) is 53.1 Å². The van der Waals surface area contributed by atoms with Crippen LogP contribution < -0.4 is 0 Å². The molecule has 1 atom stereocenters. The van der Waals surface area contributed by atoms with E-state index in [1.165, 1.54) is 5.56 Å². The van der Waals surface area contributed by atoms with Gasteiger partial charge in [-0.3, -0.25) is 0 Å². The predicted molar refractivity (Wildman–Crippen MR) is 85.3 cm³/mol. The largest absolute Gasteiger partial charge is 0.380 e. The van der Waals surface area contributed by atoms with E-state index < -0.39 is 6.10 Å². The van der Waals surface area contributed by atoms with E-state index in [4.69, 9.17) is 0 Å². The third-order valence-corrected chi connectivity index (χ3v) is 3.05. The fourth-order valence-electron chi connectivity index (χ4n) is 1.48. The molecular weight excluding hydrogens is 244 g/mol. The molecule has 0 unspecified atom stereocenters. The maximum atomic E-state index is 9.77. The lowest BCUT2D eigenvalue weighted by molar-refractivity contribution is 0.114. The summed E-state index contributed by atoms with van der Waals surface area (Å²) in [4.78, 5) is 0. The van der Waals surface area contributed by atoms with Crippen LogP contribution in [0.5, 0.6) is 0 Å². The summed E-state index contributed by atoms with van der Waals surface area (Å²) in [5.41, 5.74) is 2.15. The fourth-order valence-corrected chi connectivity index (χ4v) is 1.48. The first kappa shape index (κ1) is 16.4.